The van der Waals surface area contributed by atoms with Crippen molar-refractivity contribution in [3.05, 3.63) is 35.7 Å². The summed E-state index contributed by atoms with van der Waals surface area (Å²) in [6, 6.07) is 3.19. The van der Waals surface area contributed by atoms with Crippen molar-refractivity contribution in [2.45, 2.75) is 63.8 Å². The fourth-order valence-corrected chi connectivity index (χ4v) is 5.16. The Morgan fingerprint density at radius 2 is 1.64 bits per heavy atom. The number of carboxylic acid groups (broad SMARTS) is 1. The zero-order valence-electron chi connectivity index (χ0n) is 18.2. The number of rotatable bonds is 7. The number of carbonyl (C=O) groups excluding carboxylic acids is 1. The molecule has 1 amide bonds. The summed E-state index contributed by atoms with van der Waals surface area (Å²) < 4.78 is 31.7. The molecule has 1 aromatic carbocycles. The Labute approximate surface area is 190 Å². The molecular formula is C23H28F2N4O4. The van der Waals surface area contributed by atoms with Crippen molar-refractivity contribution in [1.29, 1.82) is 0 Å². The summed E-state index contributed by atoms with van der Waals surface area (Å²) in [5.41, 5.74) is 0.222. The van der Waals surface area contributed by atoms with Crippen molar-refractivity contribution in [2.75, 3.05) is 5.32 Å². The van der Waals surface area contributed by atoms with Gasteiger partial charge < -0.3 is 20.2 Å². The van der Waals surface area contributed by atoms with Crippen LogP contribution in [0.1, 0.15) is 68.5 Å². The van der Waals surface area contributed by atoms with E-state index in [-0.39, 0.29) is 30.1 Å². The van der Waals surface area contributed by atoms with E-state index in [2.05, 4.69) is 20.8 Å². The molecule has 178 valence electrons. The average molecular weight is 462 g/mol. The van der Waals surface area contributed by atoms with Gasteiger partial charge in [-0.1, -0.05) is 5.10 Å². The number of aliphatic carboxylic acids is 1. The van der Waals surface area contributed by atoms with Gasteiger partial charge in [0.2, 0.25) is 0 Å². The Balaban J connectivity index is 1.22. The number of carboxylic acids is 1. The quantitative estimate of drug-likeness (QED) is 0.548. The molecule has 0 atom stereocenters. The van der Waals surface area contributed by atoms with E-state index in [4.69, 9.17) is 9.52 Å². The molecule has 2 aliphatic rings. The minimum absolute atomic E-state index is 0.0339. The first-order valence-electron chi connectivity index (χ1n) is 11.5. The van der Waals surface area contributed by atoms with Gasteiger partial charge in [-0.2, -0.15) is 0 Å². The van der Waals surface area contributed by atoms with Crippen LogP contribution in [-0.4, -0.2) is 33.2 Å². The molecule has 0 unspecified atom stereocenters. The first-order valence-corrected chi connectivity index (χ1v) is 11.5. The number of hydrogen-bond acceptors (Lipinski definition) is 6. The van der Waals surface area contributed by atoms with E-state index in [1.54, 1.807) is 0 Å². The van der Waals surface area contributed by atoms with Crippen LogP contribution in [0.15, 0.2) is 22.6 Å². The highest BCUT2D eigenvalue weighted by Crippen LogP contribution is 2.40. The third-order valence-electron chi connectivity index (χ3n) is 6.92. The molecule has 0 spiro atoms. The Kier molecular flexibility index (Phi) is 7.20. The first kappa shape index (κ1) is 23.1. The molecule has 0 radical (unpaired) electrons. The third-order valence-corrected chi connectivity index (χ3v) is 6.92. The summed E-state index contributed by atoms with van der Waals surface area (Å²) in [7, 11) is 0. The SMILES string of the molecule is O=C(O)CC1CCC(C2CCC(NC(=O)c3nnc(Nc4ccc(F)c(F)c4)o3)CC2)CC1. The smallest absolute Gasteiger partial charge is 0.320 e. The summed E-state index contributed by atoms with van der Waals surface area (Å²) in [6.07, 6.45) is 8.26. The molecule has 2 fully saturated rings. The van der Waals surface area contributed by atoms with Gasteiger partial charge in [0.15, 0.2) is 11.6 Å². The Morgan fingerprint density at radius 3 is 2.27 bits per heavy atom. The van der Waals surface area contributed by atoms with E-state index in [1.807, 2.05) is 0 Å². The van der Waals surface area contributed by atoms with Gasteiger partial charge in [0, 0.05) is 24.2 Å². The predicted octanol–water partition coefficient (Wildman–Crippen LogP) is 4.66. The van der Waals surface area contributed by atoms with Gasteiger partial charge >= 0.3 is 23.8 Å². The van der Waals surface area contributed by atoms with Crippen LogP contribution in [0.4, 0.5) is 20.5 Å². The van der Waals surface area contributed by atoms with Gasteiger partial charge in [0.05, 0.1) is 0 Å². The van der Waals surface area contributed by atoms with Gasteiger partial charge in [-0.15, -0.1) is 5.10 Å². The standard InChI is InChI=1S/C23H28F2N4O4/c24-18-10-9-17(12-19(18)25)27-23-29-28-22(33-23)21(32)26-16-7-5-15(6-8-16)14-3-1-13(2-4-14)11-20(30)31/h9-10,12-16H,1-8,11H2,(H,26,32)(H,27,29)(H,30,31). The normalized spacial score (nSPS) is 25.4. The maximum Gasteiger partial charge on any atom is 0.320 e. The zero-order valence-corrected chi connectivity index (χ0v) is 18.2. The molecule has 10 heteroatoms. The van der Waals surface area contributed by atoms with E-state index < -0.39 is 23.5 Å². The minimum Gasteiger partial charge on any atom is -0.481 e. The molecule has 4 rings (SSSR count). The Hall–Kier alpha value is -3.04. The second kappa shape index (κ2) is 10.3. The fourth-order valence-electron chi connectivity index (χ4n) is 5.16. The van der Waals surface area contributed by atoms with Crippen LogP contribution in [0.3, 0.4) is 0 Å². The largest absolute Gasteiger partial charge is 0.481 e. The molecule has 2 aliphatic carbocycles. The van der Waals surface area contributed by atoms with Crippen molar-refractivity contribution < 1.29 is 27.9 Å². The first-order chi connectivity index (χ1) is 15.9. The molecule has 8 nitrogen and oxygen atoms in total. The second-order valence-corrected chi connectivity index (χ2v) is 9.13. The molecule has 0 aliphatic heterocycles. The Morgan fingerprint density at radius 1 is 0.970 bits per heavy atom. The van der Waals surface area contributed by atoms with Gasteiger partial charge in [-0.05, 0) is 81.3 Å². The number of halogens is 2. The van der Waals surface area contributed by atoms with Crippen LogP contribution in [0.25, 0.3) is 0 Å². The molecule has 2 saturated carbocycles. The number of carbonyl (C=O) groups is 2. The number of nitrogens with zero attached hydrogens (tertiary/aromatic N) is 2. The van der Waals surface area contributed by atoms with Gasteiger partial charge in [-0.3, -0.25) is 9.59 Å². The van der Waals surface area contributed by atoms with Crippen molar-refractivity contribution in [3.63, 3.8) is 0 Å². The lowest BCUT2D eigenvalue weighted by atomic mass is 9.70. The molecule has 3 N–H and O–H groups in total. The number of aromatic nitrogens is 2. The molecular weight excluding hydrogens is 434 g/mol. The number of benzene rings is 1. The number of hydrogen-bond donors (Lipinski definition) is 3. The summed E-state index contributed by atoms with van der Waals surface area (Å²) in [4.78, 5) is 23.4. The maximum absolute atomic E-state index is 13.3. The molecule has 33 heavy (non-hydrogen) atoms. The highest BCUT2D eigenvalue weighted by atomic mass is 19.2. The number of amides is 1. The lowest BCUT2D eigenvalue weighted by Gasteiger charge is -2.37. The van der Waals surface area contributed by atoms with Crippen LogP contribution < -0.4 is 10.6 Å². The summed E-state index contributed by atoms with van der Waals surface area (Å²) >= 11 is 0. The lowest BCUT2D eigenvalue weighted by Crippen LogP contribution is -2.39. The van der Waals surface area contributed by atoms with Gasteiger partial charge in [0.1, 0.15) is 0 Å². The molecule has 0 saturated heterocycles. The maximum atomic E-state index is 13.3. The van der Waals surface area contributed by atoms with Crippen LogP contribution in [0.2, 0.25) is 0 Å². The third kappa shape index (κ3) is 6.06. The van der Waals surface area contributed by atoms with Crippen LogP contribution in [0.5, 0.6) is 0 Å². The van der Waals surface area contributed by atoms with E-state index in [0.29, 0.717) is 17.8 Å². The van der Waals surface area contributed by atoms with Crippen LogP contribution in [0, 0.1) is 29.4 Å². The highest BCUT2D eigenvalue weighted by Gasteiger charge is 2.32. The average Bonchev–Trinajstić information content (AvgIpc) is 3.26. The van der Waals surface area contributed by atoms with Crippen molar-refractivity contribution in [3.8, 4) is 0 Å². The minimum atomic E-state index is -1.01. The molecule has 1 heterocycles. The summed E-state index contributed by atoms with van der Waals surface area (Å²) in [5, 5.41) is 22.0. The van der Waals surface area contributed by atoms with Crippen molar-refractivity contribution in [2.24, 2.45) is 17.8 Å². The number of anilines is 2. The topological polar surface area (TPSA) is 117 Å². The van der Waals surface area contributed by atoms with Gasteiger partial charge in [-0.25, -0.2) is 8.78 Å². The summed E-state index contributed by atoms with van der Waals surface area (Å²) in [5.74, 6) is -1.76. The second-order valence-electron chi connectivity index (χ2n) is 9.13. The monoisotopic (exact) mass is 462 g/mol. The summed E-state index contributed by atoms with van der Waals surface area (Å²) in [6.45, 7) is 0. The highest BCUT2D eigenvalue weighted by molar-refractivity contribution is 5.89. The zero-order chi connectivity index (χ0) is 23.4. The van der Waals surface area contributed by atoms with Crippen molar-refractivity contribution >= 4 is 23.6 Å². The van der Waals surface area contributed by atoms with Crippen molar-refractivity contribution in [1.82, 2.24) is 15.5 Å². The molecule has 1 aromatic heterocycles. The van der Waals surface area contributed by atoms with Crippen LogP contribution >= 0.6 is 0 Å². The fraction of sp³-hybridized carbons (Fsp3) is 0.565. The van der Waals surface area contributed by atoms with Crippen LogP contribution in [-0.2, 0) is 4.79 Å². The lowest BCUT2D eigenvalue weighted by molar-refractivity contribution is -0.138. The van der Waals surface area contributed by atoms with E-state index >= 15 is 0 Å². The molecule has 0 bridgehead atoms. The Bertz CT molecular complexity index is 983. The van der Waals surface area contributed by atoms with Gasteiger partial charge in [0.25, 0.3) is 0 Å². The van der Waals surface area contributed by atoms with E-state index in [9.17, 15) is 18.4 Å². The predicted molar refractivity (Wildman–Crippen MR) is 115 cm³/mol. The number of nitrogens with one attached hydrogen (secondary N) is 2. The molecule has 2 aromatic rings. The van der Waals surface area contributed by atoms with E-state index in [1.165, 1.54) is 6.07 Å². The van der Waals surface area contributed by atoms with E-state index in [0.717, 1.165) is 63.5 Å².